The average molecular weight is 531 g/mol. The van der Waals surface area contributed by atoms with Crippen LogP contribution in [0.2, 0.25) is 0 Å². The average Bonchev–Trinajstić information content (AvgIpc) is 3.74. The van der Waals surface area contributed by atoms with Crippen molar-refractivity contribution < 1.29 is 4.74 Å². The molecular weight excluding hydrogens is 500 g/mol. The lowest BCUT2D eigenvalue weighted by molar-refractivity contribution is 0.301. The number of nitrogens with one attached hydrogen (secondary N) is 1. The molecule has 0 radical (unpaired) electrons. The second-order valence-electron chi connectivity index (χ2n) is 10.3. The predicted octanol–water partition coefficient (Wildman–Crippen LogP) is 5.38. The van der Waals surface area contributed by atoms with Gasteiger partial charge in [-0.2, -0.15) is 4.98 Å². The number of rotatable bonds is 7. The first-order valence-electron chi connectivity index (χ1n) is 13.8. The molecule has 2 aliphatic rings. The maximum Gasteiger partial charge on any atom is 0.297 e. The summed E-state index contributed by atoms with van der Waals surface area (Å²) in [7, 11) is 0. The van der Waals surface area contributed by atoms with Gasteiger partial charge >= 0.3 is 0 Å². The van der Waals surface area contributed by atoms with Crippen LogP contribution in [-0.4, -0.2) is 60.5 Å². The van der Waals surface area contributed by atoms with Gasteiger partial charge in [0.1, 0.15) is 5.82 Å². The Kier molecular flexibility index (Phi) is 6.11. The topological polar surface area (TPSA) is 97.1 Å². The van der Waals surface area contributed by atoms with Gasteiger partial charge in [0, 0.05) is 17.7 Å². The Balaban J connectivity index is 1.24. The zero-order chi connectivity index (χ0) is 27.1. The summed E-state index contributed by atoms with van der Waals surface area (Å²) in [5, 5.41) is 14.5. The van der Waals surface area contributed by atoms with Crippen molar-refractivity contribution in [3.05, 3.63) is 89.3 Å². The summed E-state index contributed by atoms with van der Waals surface area (Å²) < 4.78 is 8.21. The van der Waals surface area contributed by atoms with Crippen LogP contribution in [0.5, 0.6) is 6.01 Å². The van der Waals surface area contributed by atoms with Crippen LogP contribution in [0.25, 0.3) is 33.5 Å². The van der Waals surface area contributed by atoms with E-state index >= 15 is 0 Å². The molecule has 0 fully saturated rings. The van der Waals surface area contributed by atoms with Crippen LogP contribution in [-0.2, 0) is 6.54 Å². The fourth-order valence-electron chi connectivity index (χ4n) is 5.66. The Morgan fingerprint density at radius 1 is 1.00 bits per heavy atom. The van der Waals surface area contributed by atoms with Gasteiger partial charge in [-0.25, -0.2) is 10.1 Å². The van der Waals surface area contributed by atoms with E-state index in [9.17, 15) is 0 Å². The maximum absolute atomic E-state index is 6.02. The summed E-state index contributed by atoms with van der Waals surface area (Å²) in [5.74, 6) is 1.76. The Labute approximate surface area is 232 Å². The number of imidazole rings is 1. The van der Waals surface area contributed by atoms with Crippen LogP contribution in [0, 0.1) is 6.92 Å². The number of aliphatic imine (C=N–C) groups is 1. The number of allylic oxidation sites excluding steroid dienone is 1. The molecule has 9 heteroatoms. The Morgan fingerprint density at radius 2 is 1.85 bits per heavy atom. The number of fused-ring (bicyclic) bond motifs is 2. The largest absolute Gasteiger partial charge is 0.465 e. The minimum atomic E-state index is 0.553. The number of hydrogen-bond acceptors (Lipinski definition) is 7. The molecule has 7 rings (SSSR count). The normalized spacial score (nSPS) is 14.8. The number of hydrogen-bond donors (Lipinski definition) is 1. The standard InChI is InChI=1S/C31H30N8O/c1-3-40-31-33-29-20(2)16-23(26-19-38-15-7-6-10-28(38)32-26)17-27(29)39(31)18-21-11-13-22(14-12-21)24-8-4-5-9-25(24)30-34-36-37-35-30/h4-5,8-14,16-17H,3,6-7,15,18-19H2,1-2H3,(H,34,35,36,37). The van der Waals surface area contributed by atoms with Crippen LogP contribution in [0.1, 0.15) is 36.5 Å². The van der Waals surface area contributed by atoms with Crippen LogP contribution < -0.4 is 4.74 Å². The Hall–Kier alpha value is -4.79. The second-order valence-corrected chi connectivity index (χ2v) is 10.3. The minimum Gasteiger partial charge on any atom is -0.465 e. The SMILES string of the molecule is CCOc1nc2c(C)cc(C3=NC4=CCCCN4C3)cc2n1Cc1ccc(-c2ccccc2-c2nnn[nH]2)cc1. The molecule has 2 aliphatic heterocycles. The maximum atomic E-state index is 6.02. The molecule has 40 heavy (non-hydrogen) atoms. The highest BCUT2D eigenvalue weighted by Gasteiger charge is 2.24. The number of benzene rings is 3. The fraction of sp³-hybridized carbons (Fsp3) is 0.258. The molecule has 1 N–H and O–H groups in total. The van der Waals surface area contributed by atoms with Gasteiger partial charge in [-0.05, 0) is 77.6 Å². The smallest absolute Gasteiger partial charge is 0.297 e. The lowest BCUT2D eigenvalue weighted by Gasteiger charge is -2.21. The predicted molar refractivity (Wildman–Crippen MR) is 155 cm³/mol. The third-order valence-corrected chi connectivity index (χ3v) is 7.62. The second kappa shape index (κ2) is 10.1. The molecule has 0 saturated carbocycles. The molecule has 0 amide bonds. The highest BCUT2D eigenvalue weighted by atomic mass is 16.5. The number of ether oxygens (including phenoxy) is 1. The number of nitrogens with zero attached hydrogens (tertiary/aromatic N) is 7. The van der Waals surface area contributed by atoms with Crippen LogP contribution in [0.3, 0.4) is 0 Å². The zero-order valence-electron chi connectivity index (χ0n) is 22.6. The summed E-state index contributed by atoms with van der Waals surface area (Å²) in [6, 6.07) is 21.8. The zero-order valence-corrected chi connectivity index (χ0v) is 22.6. The van der Waals surface area contributed by atoms with Gasteiger partial charge in [0.2, 0.25) is 0 Å². The van der Waals surface area contributed by atoms with Gasteiger partial charge in [-0.1, -0.05) is 48.5 Å². The summed E-state index contributed by atoms with van der Waals surface area (Å²) in [4.78, 5) is 12.3. The quantitative estimate of drug-likeness (QED) is 0.304. The highest BCUT2D eigenvalue weighted by molar-refractivity contribution is 6.06. The van der Waals surface area contributed by atoms with Crippen LogP contribution >= 0.6 is 0 Å². The van der Waals surface area contributed by atoms with Crippen molar-refractivity contribution in [2.45, 2.75) is 33.2 Å². The lowest BCUT2D eigenvalue weighted by atomic mass is 9.98. The number of H-pyrrole nitrogens is 1. The van der Waals surface area contributed by atoms with E-state index in [2.05, 4.69) is 85.6 Å². The van der Waals surface area contributed by atoms with Gasteiger partial charge in [-0.15, -0.1) is 5.10 Å². The van der Waals surface area contributed by atoms with Crippen molar-refractivity contribution in [3.63, 3.8) is 0 Å². The van der Waals surface area contributed by atoms with E-state index in [4.69, 9.17) is 14.7 Å². The van der Waals surface area contributed by atoms with Gasteiger partial charge in [0.05, 0.1) is 36.4 Å². The molecule has 5 aromatic rings. The molecule has 200 valence electrons. The molecule has 9 nitrogen and oxygen atoms in total. The van der Waals surface area contributed by atoms with Crippen molar-refractivity contribution >= 4 is 16.7 Å². The first-order valence-corrected chi connectivity index (χ1v) is 13.8. The molecule has 0 bridgehead atoms. The van der Waals surface area contributed by atoms with E-state index in [1.54, 1.807) is 0 Å². The van der Waals surface area contributed by atoms with Gasteiger partial charge in [0.25, 0.3) is 6.01 Å². The number of aryl methyl sites for hydroxylation is 1. The van der Waals surface area contributed by atoms with E-state index in [-0.39, 0.29) is 0 Å². The number of tetrazole rings is 1. The van der Waals surface area contributed by atoms with Crippen LogP contribution in [0.15, 0.2) is 77.6 Å². The monoisotopic (exact) mass is 530 g/mol. The van der Waals surface area contributed by atoms with E-state index < -0.39 is 0 Å². The van der Waals surface area contributed by atoms with E-state index in [1.165, 1.54) is 6.42 Å². The molecule has 2 aromatic heterocycles. The van der Waals surface area contributed by atoms with E-state index in [0.717, 1.165) is 75.5 Å². The number of aromatic nitrogens is 6. The molecule has 3 aromatic carbocycles. The van der Waals surface area contributed by atoms with Crippen molar-refractivity contribution in [3.8, 4) is 28.5 Å². The molecule has 0 unspecified atom stereocenters. The van der Waals surface area contributed by atoms with E-state index in [1.807, 2.05) is 25.1 Å². The first-order chi connectivity index (χ1) is 19.7. The summed E-state index contributed by atoms with van der Waals surface area (Å²) in [6.45, 7) is 7.25. The molecule has 0 aliphatic carbocycles. The lowest BCUT2D eigenvalue weighted by Crippen LogP contribution is -2.25. The van der Waals surface area contributed by atoms with Crippen LogP contribution in [0.4, 0.5) is 0 Å². The molecule has 0 atom stereocenters. The van der Waals surface area contributed by atoms with Crippen molar-refractivity contribution in [1.82, 2.24) is 35.1 Å². The third-order valence-electron chi connectivity index (χ3n) is 7.62. The molecular formula is C31H30N8O. The summed E-state index contributed by atoms with van der Waals surface area (Å²) >= 11 is 0. The third kappa shape index (κ3) is 4.33. The van der Waals surface area contributed by atoms with Crippen molar-refractivity contribution in [2.75, 3.05) is 19.7 Å². The highest BCUT2D eigenvalue weighted by Crippen LogP contribution is 2.32. The van der Waals surface area contributed by atoms with Gasteiger partial charge in [-0.3, -0.25) is 4.57 Å². The minimum absolute atomic E-state index is 0.553. The first kappa shape index (κ1) is 24.3. The molecule has 4 heterocycles. The van der Waals surface area contributed by atoms with Crippen molar-refractivity contribution in [1.29, 1.82) is 0 Å². The molecule has 0 saturated heterocycles. The Bertz CT molecular complexity index is 1750. The van der Waals surface area contributed by atoms with E-state index in [0.29, 0.717) is 25.0 Å². The summed E-state index contributed by atoms with van der Waals surface area (Å²) in [6.07, 6.45) is 4.55. The number of aromatic amines is 1. The fourth-order valence-corrected chi connectivity index (χ4v) is 5.66. The summed E-state index contributed by atoms with van der Waals surface area (Å²) in [5.41, 5.74) is 9.71. The Morgan fingerprint density at radius 3 is 2.62 bits per heavy atom. The van der Waals surface area contributed by atoms with Crippen molar-refractivity contribution in [2.24, 2.45) is 4.99 Å². The van der Waals surface area contributed by atoms with Gasteiger partial charge in [0.15, 0.2) is 5.82 Å². The molecule has 0 spiro atoms. The van der Waals surface area contributed by atoms with Gasteiger partial charge < -0.3 is 9.64 Å².